The fourth-order valence-electron chi connectivity index (χ4n) is 3.17. The number of benzene rings is 1. The molecule has 0 unspecified atom stereocenters. The van der Waals surface area contributed by atoms with Crippen molar-refractivity contribution in [3.8, 4) is 11.1 Å². The molecule has 1 aliphatic rings. The predicted molar refractivity (Wildman–Crippen MR) is 84.4 cm³/mol. The van der Waals surface area contributed by atoms with E-state index in [2.05, 4.69) is 20.4 Å². The Hall–Kier alpha value is -2.55. The summed E-state index contributed by atoms with van der Waals surface area (Å²) in [6.45, 7) is -0.499. The van der Waals surface area contributed by atoms with Crippen LogP contribution in [0.2, 0.25) is 0 Å². The molecular weight excluding hydrogens is 352 g/mol. The Morgan fingerprint density at radius 1 is 1.23 bits per heavy atom. The lowest BCUT2D eigenvalue weighted by atomic mass is 9.90. The fourth-order valence-corrected chi connectivity index (χ4v) is 3.17. The molecule has 1 fully saturated rings. The molecule has 136 valence electrons. The zero-order chi connectivity index (χ0) is 18.5. The number of aliphatic hydroxyl groups is 1. The fraction of sp³-hybridized carbons (Fsp3) is 0.353. The summed E-state index contributed by atoms with van der Waals surface area (Å²) in [6, 6.07) is 4.09. The molecule has 0 saturated heterocycles. The van der Waals surface area contributed by atoms with Crippen molar-refractivity contribution in [1.29, 1.82) is 0 Å². The van der Waals surface area contributed by atoms with Gasteiger partial charge in [-0.05, 0) is 48.9 Å². The third-order valence-corrected chi connectivity index (χ3v) is 4.53. The monoisotopic (exact) mass is 366 g/mol. The van der Waals surface area contributed by atoms with Crippen molar-refractivity contribution >= 4 is 11.0 Å². The highest BCUT2D eigenvalue weighted by Crippen LogP contribution is 2.45. The number of fused-ring (bicyclic) bond motifs is 1. The van der Waals surface area contributed by atoms with Crippen molar-refractivity contribution in [2.24, 2.45) is 5.92 Å². The van der Waals surface area contributed by atoms with Crippen molar-refractivity contribution in [1.82, 2.24) is 20.4 Å². The van der Waals surface area contributed by atoms with E-state index in [0.717, 1.165) is 12.8 Å². The third-order valence-electron chi connectivity index (χ3n) is 4.53. The summed E-state index contributed by atoms with van der Waals surface area (Å²) in [6.07, 6.45) is -2.46. The summed E-state index contributed by atoms with van der Waals surface area (Å²) in [4.78, 5) is 3.57. The minimum atomic E-state index is -4.74. The van der Waals surface area contributed by atoms with Gasteiger partial charge in [0, 0.05) is 11.1 Å². The van der Waals surface area contributed by atoms with Gasteiger partial charge in [-0.2, -0.15) is 17.6 Å². The maximum atomic E-state index is 14.5. The molecule has 0 aliphatic heterocycles. The summed E-state index contributed by atoms with van der Waals surface area (Å²) in [5, 5.41) is 18.6. The zero-order valence-electron chi connectivity index (χ0n) is 13.4. The van der Waals surface area contributed by atoms with Crippen molar-refractivity contribution < 1.29 is 22.7 Å². The molecule has 4 rings (SSSR count). The van der Waals surface area contributed by atoms with Gasteiger partial charge in [-0.15, -0.1) is 5.10 Å². The molecule has 1 saturated carbocycles. The highest BCUT2D eigenvalue weighted by Gasteiger charge is 2.40. The Morgan fingerprint density at radius 2 is 2.00 bits per heavy atom. The second-order valence-corrected chi connectivity index (χ2v) is 6.44. The second-order valence-electron chi connectivity index (χ2n) is 6.44. The van der Waals surface area contributed by atoms with Crippen LogP contribution in [0.1, 0.15) is 29.7 Å². The maximum Gasteiger partial charge on any atom is 0.419 e. The van der Waals surface area contributed by atoms with Crippen LogP contribution in [0.5, 0.6) is 0 Å². The number of aliphatic hydroxyl groups excluding tert-OH is 1. The summed E-state index contributed by atoms with van der Waals surface area (Å²) in [5.74, 6) is -0.766. The quantitative estimate of drug-likeness (QED) is 0.546. The van der Waals surface area contributed by atoms with Crippen molar-refractivity contribution in [2.45, 2.75) is 32.0 Å². The number of H-pyrrole nitrogens is 1. The minimum Gasteiger partial charge on any atom is -0.390 e. The molecule has 0 spiro atoms. The molecule has 1 aromatic carbocycles. The normalized spacial score (nSPS) is 15.0. The molecule has 0 radical (unpaired) electrons. The molecule has 2 aromatic heterocycles. The van der Waals surface area contributed by atoms with E-state index in [-0.39, 0.29) is 33.8 Å². The lowest BCUT2D eigenvalue weighted by Gasteiger charge is -2.18. The Labute approximate surface area is 145 Å². The first-order chi connectivity index (χ1) is 12.4. The van der Waals surface area contributed by atoms with Gasteiger partial charge in [0.15, 0.2) is 0 Å². The standard InChI is InChI=1S/C17H14F4N4O/c18-16-11(4-3-10(7-26)22-16)13-9(5-8-1-2-8)6-12-15(24-25-23-12)14(13)17(19,20)21/h3-4,6,8,26H,1-2,5,7H2,(H,23,24,25). The molecule has 0 amide bonds. The number of nitrogens with one attached hydrogen (secondary N) is 1. The van der Waals surface area contributed by atoms with E-state index in [1.807, 2.05) is 0 Å². The number of rotatable bonds is 4. The molecule has 0 bridgehead atoms. The highest BCUT2D eigenvalue weighted by atomic mass is 19.4. The van der Waals surface area contributed by atoms with Gasteiger partial charge < -0.3 is 5.11 Å². The molecule has 1 aliphatic carbocycles. The van der Waals surface area contributed by atoms with Crippen LogP contribution in [0.3, 0.4) is 0 Å². The molecule has 9 heteroatoms. The van der Waals surface area contributed by atoms with Gasteiger partial charge in [-0.3, -0.25) is 5.10 Å². The van der Waals surface area contributed by atoms with E-state index in [1.165, 1.54) is 12.1 Å². The van der Waals surface area contributed by atoms with E-state index in [1.54, 1.807) is 6.07 Å². The average Bonchev–Trinajstić information content (AvgIpc) is 3.27. The van der Waals surface area contributed by atoms with Crippen LogP contribution < -0.4 is 0 Å². The largest absolute Gasteiger partial charge is 0.419 e. The highest BCUT2D eigenvalue weighted by molar-refractivity contribution is 5.89. The molecular formula is C17H14F4N4O. The molecule has 2 N–H and O–H groups in total. The lowest BCUT2D eigenvalue weighted by molar-refractivity contribution is -0.136. The predicted octanol–water partition coefficient (Wildman–Crippen LogP) is 3.62. The maximum absolute atomic E-state index is 14.5. The van der Waals surface area contributed by atoms with Crippen LogP contribution in [0.25, 0.3) is 22.2 Å². The van der Waals surface area contributed by atoms with Gasteiger partial charge in [0.2, 0.25) is 5.95 Å². The first kappa shape index (κ1) is 16.9. The third kappa shape index (κ3) is 2.92. The van der Waals surface area contributed by atoms with Crippen LogP contribution in [0.4, 0.5) is 17.6 Å². The Bertz CT molecular complexity index is 979. The van der Waals surface area contributed by atoms with Crippen LogP contribution in [-0.4, -0.2) is 25.5 Å². The van der Waals surface area contributed by atoms with Crippen LogP contribution in [0, 0.1) is 11.9 Å². The molecule has 5 nitrogen and oxygen atoms in total. The summed E-state index contributed by atoms with van der Waals surface area (Å²) in [7, 11) is 0. The smallest absolute Gasteiger partial charge is 0.390 e. The summed E-state index contributed by atoms with van der Waals surface area (Å²) >= 11 is 0. The van der Waals surface area contributed by atoms with Crippen molar-refractivity contribution in [3.05, 3.63) is 41.0 Å². The van der Waals surface area contributed by atoms with Crippen LogP contribution in [0.15, 0.2) is 18.2 Å². The van der Waals surface area contributed by atoms with Crippen LogP contribution >= 0.6 is 0 Å². The topological polar surface area (TPSA) is 74.7 Å². The number of hydrogen-bond donors (Lipinski definition) is 2. The molecule has 2 heterocycles. The Kier molecular flexibility index (Phi) is 3.91. The number of pyridine rings is 1. The Balaban J connectivity index is 2.04. The summed E-state index contributed by atoms with van der Waals surface area (Å²) < 4.78 is 56.2. The first-order valence-corrected chi connectivity index (χ1v) is 8.09. The van der Waals surface area contributed by atoms with E-state index < -0.39 is 24.3 Å². The first-order valence-electron chi connectivity index (χ1n) is 8.09. The van der Waals surface area contributed by atoms with E-state index in [9.17, 15) is 17.6 Å². The average molecular weight is 366 g/mol. The lowest BCUT2D eigenvalue weighted by Crippen LogP contribution is -2.12. The van der Waals surface area contributed by atoms with E-state index in [4.69, 9.17) is 5.11 Å². The molecule has 26 heavy (non-hydrogen) atoms. The van der Waals surface area contributed by atoms with Gasteiger partial charge in [-0.1, -0.05) is 5.21 Å². The SMILES string of the molecule is OCc1ccc(-c2c(CC3CC3)cc3[nH]nnc3c2C(F)(F)F)c(F)n1. The number of aromatic nitrogens is 4. The number of hydrogen-bond acceptors (Lipinski definition) is 4. The second kappa shape index (κ2) is 6.01. The molecule has 3 aromatic rings. The van der Waals surface area contributed by atoms with Gasteiger partial charge in [0.1, 0.15) is 5.52 Å². The molecule has 0 atom stereocenters. The number of aromatic amines is 1. The minimum absolute atomic E-state index is 0.0473. The van der Waals surface area contributed by atoms with E-state index in [0.29, 0.717) is 12.0 Å². The van der Waals surface area contributed by atoms with Gasteiger partial charge in [0.25, 0.3) is 0 Å². The van der Waals surface area contributed by atoms with Crippen molar-refractivity contribution in [3.63, 3.8) is 0 Å². The Morgan fingerprint density at radius 3 is 2.62 bits per heavy atom. The number of nitrogens with zero attached hydrogens (tertiary/aromatic N) is 3. The number of alkyl halides is 3. The van der Waals surface area contributed by atoms with Crippen molar-refractivity contribution in [2.75, 3.05) is 0 Å². The van der Waals surface area contributed by atoms with E-state index >= 15 is 0 Å². The van der Waals surface area contributed by atoms with Gasteiger partial charge in [0.05, 0.1) is 23.4 Å². The summed E-state index contributed by atoms with van der Waals surface area (Å²) in [5.41, 5.74) is -1.27. The number of halogens is 4. The van der Waals surface area contributed by atoms with Gasteiger partial charge in [-0.25, -0.2) is 4.98 Å². The van der Waals surface area contributed by atoms with Crippen LogP contribution in [-0.2, 0) is 19.2 Å². The van der Waals surface area contributed by atoms with Gasteiger partial charge >= 0.3 is 6.18 Å². The zero-order valence-corrected chi connectivity index (χ0v) is 13.4.